The largest absolute Gasteiger partial charge is 0.507 e. The van der Waals surface area contributed by atoms with Crippen molar-refractivity contribution in [3.8, 4) is 34.0 Å². The molecule has 0 fully saturated rings. The fourth-order valence-electron chi connectivity index (χ4n) is 2.77. The van der Waals surface area contributed by atoms with Crippen LogP contribution in [0.25, 0.3) is 22.4 Å². The lowest BCUT2D eigenvalue weighted by Gasteiger charge is -2.10. The van der Waals surface area contributed by atoms with Crippen molar-refractivity contribution in [3.63, 3.8) is 0 Å². The van der Waals surface area contributed by atoms with E-state index in [1.165, 1.54) is 31.4 Å². The number of hydrogen-bond donors (Lipinski definition) is 2. The second-order valence-corrected chi connectivity index (χ2v) is 6.02. The van der Waals surface area contributed by atoms with Gasteiger partial charge in [0.05, 0.1) is 5.56 Å². The minimum atomic E-state index is -3.13. The highest BCUT2D eigenvalue weighted by Crippen LogP contribution is 2.42. The molecule has 3 aromatic rings. The van der Waals surface area contributed by atoms with Crippen LogP contribution in [0.1, 0.15) is 13.3 Å². The van der Waals surface area contributed by atoms with Crippen LogP contribution in [-0.4, -0.2) is 32.4 Å². The summed E-state index contributed by atoms with van der Waals surface area (Å²) in [5.41, 5.74) is 0.703. The van der Waals surface area contributed by atoms with Crippen LogP contribution in [0.15, 0.2) is 36.5 Å². The standard InChI is InChI=1S/C19H17F3N4O3/c1-3-15(28)24-14-8-10(6-7-23-14)16-17(12-5-4-11(20)9-13(12)27)25-26(2)18(16)29-19(21)22/h4-9,19,27H,3H2,1-2H3,(H,23,24,28). The molecule has 0 bridgehead atoms. The number of phenols is 1. The Balaban J connectivity index is 2.20. The number of pyridine rings is 1. The van der Waals surface area contributed by atoms with Crippen LogP contribution in [0, 0.1) is 5.82 Å². The zero-order valence-electron chi connectivity index (χ0n) is 15.5. The van der Waals surface area contributed by atoms with Gasteiger partial charge in [0, 0.05) is 31.3 Å². The molecule has 0 aliphatic rings. The molecule has 0 aliphatic carbocycles. The number of nitrogens with zero attached hydrogens (tertiary/aromatic N) is 3. The van der Waals surface area contributed by atoms with Crippen LogP contribution < -0.4 is 10.1 Å². The number of aryl methyl sites for hydroxylation is 1. The molecule has 0 saturated heterocycles. The Labute approximate surface area is 163 Å². The molecule has 0 aliphatic heterocycles. The Morgan fingerprint density at radius 3 is 2.72 bits per heavy atom. The molecule has 1 aromatic carbocycles. The lowest BCUT2D eigenvalue weighted by molar-refractivity contribution is -0.115. The van der Waals surface area contributed by atoms with Gasteiger partial charge in [-0.3, -0.25) is 4.79 Å². The van der Waals surface area contributed by atoms with E-state index in [1.54, 1.807) is 6.92 Å². The van der Waals surface area contributed by atoms with E-state index >= 15 is 0 Å². The number of rotatable bonds is 6. The summed E-state index contributed by atoms with van der Waals surface area (Å²) < 4.78 is 45.1. The first-order chi connectivity index (χ1) is 13.8. The second-order valence-electron chi connectivity index (χ2n) is 6.02. The predicted molar refractivity (Wildman–Crippen MR) is 99.1 cm³/mol. The summed E-state index contributed by atoms with van der Waals surface area (Å²) in [6, 6.07) is 6.26. The molecule has 7 nitrogen and oxygen atoms in total. The lowest BCUT2D eigenvalue weighted by atomic mass is 10.0. The second kappa shape index (κ2) is 8.21. The van der Waals surface area contributed by atoms with E-state index in [0.717, 1.165) is 16.8 Å². The monoisotopic (exact) mass is 406 g/mol. The van der Waals surface area contributed by atoms with Crippen molar-refractivity contribution in [2.75, 3.05) is 5.32 Å². The topological polar surface area (TPSA) is 89.3 Å². The van der Waals surface area contributed by atoms with Crippen molar-refractivity contribution in [3.05, 3.63) is 42.3 Å². The number of benzene rings is 1. The Kier molecular flexibility index (Phi) is 5.71. The number of ether oxygens (including phenoxy) is 1. The number of aromatic nitrogens is 3. The van der Waals surface area contributed by atoms with Crippen molar-refractivity contribution >= 4 is 11.7 Å². The summed E-state index contributed by atoms with van der Waals surface area (Å²) in [5, 5.41) is 16.9. The first kappa shape index (κ1) is 20.2. The molecular weight excluding hydrogens is 389 g/mol. The third-order valence-electron chi connectivity index (χ3n) is 4.05. The van der Waals surface area contributed by atoms with Crippen molar-refractivity contribution in [1.29, 1.82) is 0 Å². The number of carbonyl (C=O) groups is 1. The molecular formula is C19H17F3N4O3. The normalized spacial score (nSPS) is 11.0. The van der Waals surface area contributed by atoms with E-state index in [4.69, 9.17) is 0 Å². The minimum Gasteiger partial charge on any atom is -0.507 e. The first-order valence-corrected chi connectivity index (χ1v) is 8.57. The van der Waals surface area contributed by atoms with Crippen LogP contribution >= 0.6 is 0 Å². The minimum absolute atomic E-state index is 0.0969. The number of hydrogen-bond acceptors (Lipinski definition) is 5. The third kappa shape index (κ3) is 4.31. The fraction of sp³-hybridized carbons (Fsp3) is 0.211. The number of alkyl halides is 2. The molecule has 10 heteroatoms. The van der Waals surface area contributed by atoms with E-state index < -0.39 is 18.2 Å². The molecule has 1 amide bonds. The van der Waals surface area contributed by atoms with Gasteiger partial charge in [-0.1, -0.05) is 6.92 Å². The van der Waals surface area contributed by atoms with E-state index in [9.17, 15) is 23.1 Å². The predicted octanol–water partition coefficient (Wildman–Crippen LogP) is 3.94. The molecule has 29 heavy (non-hydrogen) atoms. The van der Waals surface area contributed by atoms with Gasteiger partial charge in [0.2, 0.25) is 11.8 Å². The van der Waals surface area contributed by atoms with Gasteiger partial charge in [-0.15, -0.1) is 0 Å². The Morgan fingerprint density at radius 2 is 2.07 bits per heavy atom. The highest BCUT2D eigenvalue weighted by molar-refractivity contribution is 5.92. The molecule has 152 valence electrons. The van der Waals surface area contributed by atoms with Crippen molar-refractivity contribution in [2.45, 2.75) is 20.0 Å². The molecule has 2 aromatic heterocycles. The fourth-order valence-corrected chi connectivity index (χ4v) is 2.77. The summed E-state index contributed by atoms with van der Waals surface area (Å²) in [5.74, 6) is -1.42. The lowest BCUT2D eigenvalue weighted by Crippen LogP contribution is -2.10. The summed E-state index contributed by atoms with van der Waals surface area (Å²) in [6.07, 6.45) is 1.61. The summed E-state index contributed by atoms with van der Waals surface area (Å²) in [7, 11) is 1.40. The quantitative estimate of drug-likeness (QED) is 0.647. The van der Waals surface area contributed by atoms with E-state index in [2.05, 4.69) is 20.1 Å². The zero-order valence-corrected chi connectivity index (χ0v) is 15.5. The zero-order chi connectivity index (χ0) is 21.1. The van der Waals surface area contributed by atoms with Gasteiger partial charge in [-0.25, -0.2) is 14.1 Å². The molecule has 0 radical (unpaired) electrons. The highest BCUT2D eigenvalue weighted by Gasteiger charge is 2.25. The molecule has 0 atom stereocenters. The highest BCUT2D eigenvalue weighted by atomic mass is 19.3. The average Bonchev–Trinajstić information content (AvgIpc) is 2.97. The number of phenolic OH excluding ortho intramolecular Hbond substituents is 1. The molecule has 3 rings (SSSR count). The SMILES string of the molecule is CCC(=O)Nc1cc(-c2c(-c3ccc(F)cc3O)nn(C)c2OC(F)F)ccn1. The van der Waals surface area contributed by atoms with Crippen molar-refractivity contribution < 1.29 is 27.8 Å². The molecule has 0 spiro atoms. The summed E-state index contributed by atoms with van der Waals surface area (Å²) in [6.45, 7) is -1.45. The van der Waals surface area contributed by atoms with Crippen LogP contribution in [0.5, 0.6) is 11.6 Å². The van der Waals surface area contributed by atoms with Gasteiger partial charge in [0.25, 0.3) is 0 Å². The smallest absolute Gasteiger partial charge is 0.388 e. The van der Waals surface area contributed by atoms with Gasteiger partial charge in [-0.05, 0) is 29.8 Å². The van der Waals surface area contributed by atoms with Crippen LogP contribution in [0.4, 0.5) is 19.0 Å². The Morgan fingerprint density at radius 1 is 1.31 bits per heavy atom. The Bertz CT molecular complexity index is 1050. The van der Waals surface area contributed by atoms with Crippen LogP contribution in [0.2, 0.25) is 0 Å². The van der Waals surface area contributed by atoms with Crippen LogP contribution in [0.3, 0.4) is 0 Å². The van der Waals surface area contributed by atoms with Crippen molar-refractivity contribution in [1.82, 2.24) is 14.8 Å². The first-order valence-electron chi connectivity index (χ1n) is 8.57. The Hall–Kier alpha value is -3.56. The van der Waals surface area contributed by atoms with Gasteiger partial charge >= 0.3 is 6.61 Å². The van der Waals surface area contributed by atoms with Gasteiger partial charge in [0.1, 0.15) is 23.1 Å². The molecule has 0 unspecified atom stereocenters. The molecule has 2 heterocycles. The van der Waals surface area contributed by atoms with Crippen molar-refractivity contribution in [2.24, 2.45) is 7.05 Å². The third-order valence-corrected chi connectivity index (χ3v) is 4.05. The van der Waals surface area contributed by atoms with Gasteiger partial charge in [0.15, 0.2) is 0 Å². The molecule has 0 saturated carbocycles. The van der Waals surface area contributed by atoms with E-state index in [0.29, 0.717) is 5.56 Å². The van der Waals surface area contributed by atoms with Crippen LogP contribution in [-0.2, 0) is 11.8 Å². The maximum Gasteiger partial charge on any atom is 0.388 e. The van der Waals surface area contributed by atoms with Gasteiger partial charge < -0.3 is 15.2 Å². The summed E-state index contributed by atoms with van der Waals surface area (Å²) >= 11 is 0. The number of anilines is 1. The average molecular weight is 406 g/mol. The maximum atomic E-state index is 13.4. The number of aromatic hydroxyl groups is 1. The van der Waals surface area contributed by atoms with E-state index in [-0.39, 0.29) is 40.8 Å². The van der Waals surface area contributed by atoms with E-state index in [1.807, 2.05) is 0 Å². The summed E-state index contributed by atoms with van der Waals surface area (Å²) in [4.78, 5) is 15.7. The number of nitrogens with one attached hydrogen (secondary N) is 1. The molecule has 2 N–H and O–H groups in total. The van der Waals surface area contributed by atoms with Gasteiger partial charge in [-0.2, -0.15) is 13.9 Å². The number of halogens is 3. The number of carbonyl (C=O) groups excluding carboxylic acids is 1. The number of amides is 1. The maximum absolute atomic E-state index is 13.4.